The highest BCUT2D eigenvalue weighted by molar-refractivity contribution is 7.99. The Morgan fingerprint density at radius 3 is 2.58 bits per heavy atom. The number of nitrogens with one attached hydrogen (secondary N) is 1. The Morgan fingerprint density at radius 2 is 1.87 bits per heavy atom. The van der Waals surface area contributed by atoms with Crippen molar-refractivity contribution in [2.24, 2.45) is 0 Å². The second-order valence-electron chi connectivity index (χ2n) is 7.01. The minimum absolute atomic E-state index is 0.135. The maximum absolute atomic E-state index is 13.4. The monoisotopic (exact) mass is 452 g/mol. The first-order valence-corrected chi connectivity index (χ1v) is 11.6. The molecule has 0 aliphatic carbocycles. The van der Waals surface area contributed by atoms with Gasteiger partial charge in [0.2, 0.25) is 5.91 Å². The summed E-state index contributed by atoms with van der Waals surface area (Å²) in [6.07, 6.45) is 0. The quantitative estimate of drug-likeness (QED) is 0.397. The van der Waals surface area contributed by atoms with Gasteiger partial charge in [0.05, 0.1) is 17.5 Å². The van der Waals surface area contributed by atoms with Gasteiger partial charge in [0.25, 0.3) is 0 Å². The van der Waals surface area contributed by atoms with Gasteiger partial charge >= 0.3 is 0 Å². The molecule has 1 unspecified atom stereocenters. The Morgan fingerprint density at radius 1 is 1.10 bits per heavy atom. The van der Waals surface area contributed by atoms with Crippen LogP contribution in [0.2, 0.25) is 0 Å². The summed E-state index contributed by atoms with van der Waals surface area (Å²) in [5.74, 6) is 0.513. The predicted molar refractivity (Wildman–Crippen MR) is 122 cm³/mol. The summed E-state index contributed by atoms with van der Waals surface area (Å²) >= 11 is 2.89. The van der Waals surface area contributed by atoms with Gasteiger partial charge < -0.3 is 5.32 Å². The summed E-state index contributed by atoms with van der Waals surface area (Å²) in [5.41, 5.74) is 2.93. The van der Waals surface area contributed by atoms with Gasteiger partial charge in [0.15, 0.2) is 5.16 Å². The second kappa shape index (κ2) is 9.45. The number of hydrogen-bond acceptors (Lipinski definition) is 5. The molecule has 1 atom stereocenters. The third-order valence-corrected chi connectivity index (χ3v) is 6.69. The molecule has 0 saturated carbocycles. The van der Waals surface area contributed by atoms with E-state index >= 15 is 0 Å². The van der Waals surface area contributed by atoms with Crippen LogP contribution >= 0.6 is 23.1 Å². The summed E-state index contributed by atoms with van der Waals surface area (Å²) in [6.45, 7) is 3.93. The molecule has 31 heavy (non-hydrogen) atoms. The highest BCUT2D eigenvalue weighted by atomic mass is 32.2. The van der Waals surface area contributed by atoms with E-state index in [1.165, 1.54) is 23.9 Å². The topological polar surface area (TPSA) is 59.8 Å². The molecule has 1 N–H and O–H groups in total. The van der Waals surface area contributed by atoms with Crippen LogP contribution in [0, 0.1) is 19.7 Å². The van der Waals surface area contributed by atoms with E-state index in [1.54, 1.807) is 23.5 Å². The van der Waals surface area contributed by atoms with E-state index in [1.807, 2.05) is 60.2 Å². The molecule has 0 spiro atoms. The van der Waals surface area contributed by atoms with Crippen molar-refractivity contribution in [2.75, 3.05) is 5.75 Å². The summed E-state index contributed by atoms with van der Waals surface area (Å²) in [5, 5.41) is 14.1. The Kier molecular flexibility index (Phi) is 6.48. The molecule has 158 valence electrons. The molecule has 8 heteroatoms. The van der Waals surface area contributed by atoms with E-state index in [0.717, 1.165) is 27.5 Å². The van der Waals surface area contributed by atoms with Gasteiger partial charge in [-0.1, -0.05) is 48.2 Å². The molecule has 2 heterocycles. The standard InChI is InChI=1S/C23H21FN4OS2/c1-15-6-3-4-7-19(15)28-16(2)26-27-23(28)31-14-21(29)25-22(20-8-5-13-30-20)17-9-11-18(24)12-10-17/h3-13,22H,14H2,1-2H3,(H,25,29). The van der Waals surface area contributed by atoms with Gasteiger partial charge in [-0.2, -0.15) is 0 Å². The molecule has 0 aliphatic heterocycles. The lowest BCUT2D eigenvalue weighted by atomic mass is 10.1. The summed E-state index contributed by atoms with van der Waals surface area (Å²) in [7, 11) is 0. The van der Waals surface area contributed by atoms with Gasteiger partial charge in [0.1, 0.15) is 11.6 Å². The van der Waals surface area contributed by atoms with Crippen LogP contribution in [0.1, 0.15) is 27.9 Å². The van der Waals surface area contributed by atoms with Crippen LogP contribution in [0.5, 0.6) is 0 Å². The molecule has 2 aromatic carbocycles. The van der Waals surface area contributed by atoms with Gasteiger partial charge in [-0.3, -0.25) is 9.36 Å². The number of carbonyl (C=O) groups is 1. The van der Waals surface area contributed by atoms with Crippen molar-refractivity contribution < 1.29 is 9.18 Å². The van der Waals surface area contributed by atoms with E-state index in [2.05, 4.69) is 15.5 Å². The number of thiophene rings is 1. The van der Waals surface area contributed by atoms with E-state index in [4.69, 9.17) is 0 Å². The number of nitrogens with zero attached hydrogens (tertiary/aromatic N) is 3. The Balaban J connectivity index is 1.50. The lowest BCUT2D eigenvalue weighted by Gasteiger charge is -2.18. The summed E-state index contributed by atoms with van der Waals surface area (Å²) < 4.78 is 15.3. The van der Waals surface area contributed by atoms with Gasteiger partial charge in [-0.25, -0.2) is 4.39 Å². The van der Waals surface area contributed by atoms with Crippen molar-refractivity contribution >= 4 is 29.0 Å². The number of aryl methyl sites for hydroxylation is 2. The molecule has 1 amide bonds. The average molecular weight is 453 g/mol. The number of rotatable bonds is 7. The number of aromatic nitrogens is 3. The van der Waals surface area contributed by atoms with Crippen molar-refractivity contribution in [3.63, 3.8) is 0 Å². The number of benzene rings is 2. The van der Waals surface area contributed by atoms with E-state index in [9.17, 15) is 9.18 Å². The Labute approximate surface area is 188 Å². The highest BCUT2D eigenvalue weighted by Gasteiger charge is 2.20. The normalized spacial score (nSPS) is 12.0. The van der Waals surface area contributed by atoms with Crippen LogP contribution in [0.25, 0.3) is 5.69 Å². The number of para-hydroxylation sites is 1. The number of amides is 1. The van der Waals surface area contributed by atoms with Crippen LogP contribution < -0.4 is 5.32 Å². The average Bonchev–Trinajstić information content (AvgIpc) is 3.42. The Hall–Kier alpha value is -2.97. The van der Waals surface area contributed by atoms with E-state index in [-0.39, 0.29) is 23.5 Å². The number of halogens is 1. The summed E-state index contributed by atoms with van der Waals surface area (Å²) in [6, 6.07) is 17.8. The van der Waals surface area contributed by atoms with Crippen LogP contribution in [-0.4, -0.2) is 26.4 Å². The number of hydrogen-bond donors (Lipinski definition) is 1. The SMILES string of the molecule is Cc1ccccc1-n1c(C)nnc1SCC(=O)NC(c1ccc(F)cc1)c1cccs1. The van der Waals surface area contributed by atoms with E-state index in [0.29, 0.717) is 5.16 Å². The minimum Gasteiger partial charge on any atom is -0.344 e. The smallest absolute Gasteiger partial charge is 0.231 e. The molecule has 4 aromatic rings. The largest absolute Gasteiger partial charge is 0.344 e. The Bertz CT molecular complexity index is 1170. The van der Waals surface area contributed by atoms with Gasteiger partial charge in [-0.05, 0) is 54.6 Å². The molecule has 0 bridgehead atoms. The molecule has 0 saturated heterocycles. The maximum Gasteiger partial charge on any atom is 0.231 e. The maximum atomic E-state index is 13.4. The fraction of sp³-hybridized carbons (Fsp3) is 0.174. The molecular formula is C23H21FN4OS2. The van der Waals surface area contributed by atoms with Gasteiger partial charge in [0, 0.05) is 4.88 Å². The first kappa shape index (κ1) is 21.3. The zero-order valence-electron chi connectivity index (χ0n) is 17.1. The van der Waals surface area contributed by atoms with Crippen LogP contribution in [0.15, 0.2) is 71.2 Å². The third-order valence-electron chi connectivity index (χ3n) is 4.82. The van der Waals surface area contributed by atoms with Gasteiger partial charge in [-0.15, -0.1) is 21.5 Å². The van der Waals surface area contributed by atoms with Crippen molar-refractivity contribution in [3.05, 3.63) is 93.7 Å². The fourth-order valence-electron chi connectivity index (χ4n) is 3.29. The number of thioether (sulfide) groups is 1. The van der Waals surface area contributed by atoms with Crippen molar-refractivity contribution in [1.82, 2.24) is 20.1 Å². The first-order chi connectivity index (χ1) is 15.0. The zero-order chi connectivity index (χ0) is 21.8. The third kappa shape index (κ3) is 4.86. The minimum atomic E-state index is -0.329. The van der Waals surface area contributed by atoms with Crippen LogP contribution in [0.3, 0.4) is 0 Å². The second-order valence-corrected chi connectivity index (χ2v) is 8.93. The van der Waals surface area contributed by atoms with Crippen molar-refractivity contribution in [3.8, 4) is 5.69 Å². The molecule has 2 aromatic heterocycles. The van der Waals surface area contributed by atoms with Crippen molar-refractivity contribution in [1.29, 1.82) is 0 Å². The molecule has 0 radical (unpaired) electrons. The van der Waals surface area contributed by atoms with Crippen LogP contribution in [-0.2, 0) is 4.79 Å². The zero-order valence-corrected chi connectivity index (χ0v) is 18.7. The lowest BCUT2D eigenvalue weighted by Crippen LogP contribution is -2.30. The summed E-state index contributed by atoms with van der Waals surface area (Å²) in [4.78, 5) is 13.8. The first-order valence-electron chi connectivity index (χ1n) is 9.72. The lowest BCUT2D eigenvalue weighted by molar-refractivity contribution is -0.119. The predicted octanol–water partition coefficient (Wildman–Crippen LogP) is 5.08. The van der Waals surface area contributed by atoms with E-state index < -0.39 is 0 Å². The van der Waals surface area contributed by atoms with Crippen molar-refractivity contribution in [2.45, 2.75) is 25.0 Å². The molecule has 0 aliphatic rings. The molecule has 0 fully saturated rings. The fourth-order valence-corrected chi connectivity index (χ4v) is 4.89. The molecule has 5 nitrogen and oxygen atoms in total. The highest BCUT2D eigenvalue weighted by Crippen LogP contribution is 2.27. The molecule has 4 rings (SSSR count). The number of carbonyl (C=O) groups excluding carboxylic acids is 1. The molecular weight excluding hydrogens is 431 g/mol. The van der Waals surface area contributed by atoms with Crippen LogP contribution in [0.4, 0.5) is 4.39 Å².